The fraction of sp³-hybridized carbons (Fsp3) is 0.435. The van der Waals surface area contributed by atoms with Crippen LogP contribution in [0.2, 0.25) is 5.28 Å². The first-order valence-electron chi connectivity index (χ1n) is 11.2. The summed E-state index contributed by atoms with van der Waals surface area (Å²) in [6.07, 6.45) is -1.79. The zero-order valence-corrected chi connectivity index (χ0v) is 21.0. The number of rotatable bonds is 9. The number of fused-ring (bicyclic) bond motifs is 1. The monoisotopic (exact) mass is 537 g/mol. The van der Waals surface area contributed by atoms with E-state index >= 15 is 0 Å². The van der Waals surface area contributed by atoms with E-state index in [0.29, 0.717) is 11.1 Å². The number of carbonyl (C=O) groups excluding carboxylic acids is 2. The number of benzene rings is 1. The number of nitrogen functional groups attached to an aromatic ring is 1. The van der Waals surface area contributed by atoms with Crippen molar-refractivity contribution in [1.82, 2.24) is 19.5 Å². The van der Waals surface area contributed by atoms with Crippen molar-refractivity contribution in [3.8, 4) is 0 Å². The number of aromatic nitrogens is 4. The van der Waals surface area contributed by atoms with Gasteiger partial charge in [0.2, 0.25) is 10.9 Å². The quantitative estimate of drug-likeness (QED) is 0.179. The number of hydrogen-bond donors (Lipinski definition) is 2. The number of anilines is 1. The van der Waals surface area contributed by atoms with Crippen LogP contribution in [0.15, 0.2) is 36.7 Å². The molecule has 5 atom stereocenters. The van der Waals surface area contributed by atoms with Gasteiger partial charge in [0.25, 0.3) is 0 Å². The van der Waals surface area contributed by atoms with E-state index in [1.165, 1.54) is 17.8 Å². The van der Waals surface area contributed by atoms with E-state index in [1.807, 2.05) is 6.07 Å². The number of nitrogens with zero attached hydrogens (tertiary/aromatic N) is 4. The van der Waals surface area contributed by atoms with Crippen molar-refractivity contribution in [3.05, 3.63) is 47.5 Å². The minimum absolute atomic E-state index is 0.0561. The average molecular weight is 538 g/mol. The number of imidazole rings is 1. The molecule has 192 valence electrons. The Morgan fingerprint density at radius 3 is 2.67 bits per heavy atom. The number of ketones is 1. The zero-order chi connectivity index (χ0) is 26.0. The molecule has 1 aromatic carbocycles. The fourth-order valence-corrected chi connectivity index (χ4v) is 4.58. The molecule has 0 spiro atoms. The first kappa shape index (κ1) is 26.2. The molecular weight excluding hydrogens is 513 g/mol. The number of esters is 1. The van der Waals surface area contributed by atoms with Crippen LogP contribution in [0.1, 0.15) is 25.6 Å². The lowest BCUT2D eigenvalue weighted by Gasteiger charge is -2.30. The minimum atomic E-state index is -1.93. The van der Waals surface area contributed by atoms with Crippen molar-refractivity contribution >= 4 is 51.9 Å². The highest BCUT2D eigenvalue weighted by Crippen LogP contribution is 2.36. The number of Topliss-reactive ketones (excluding diaryl/α,β-unsaturated/α-hetero) is 1. The summed E-state index contributed by atoms with van der Waals surface area (Å²) in [6, 6.07) is 8.94. The Labute approximate surface area is 216 Å². The maximum Gasteiger partial charge on any atom is 0.346 e. The van der Waals surface area contributed by atoms with Gasteiger partial charge in [0.05, 0.1) is 19.5 Å². The summed E-state index contributed by atoms with van der Waals surface area (Å²) in [7, 11) is 0. The second-order valence-corrected chi connectivity index (χ2v) is 9.12. The third-order valence-corrected chi connectivity index (χ3v) is 6.60. The molecule has 3 N–H and O–H groups in total. The average Bonchev–Trinajstić information content (AvgIpc) is 3.38. The summed E-state index contributed by atoms with van der Waals surface area (Å²) in [6.45, 7) is 2.62. The van der Waals surface area contributed by atoms with Gasteiger partial charge in [0, 0.05) is 6.42 Å². The van der Waals surface area contributed by atoms with Gasteiger partial charge in [-0.1, -0.05) is 30.3 Å². The van der Waals surface area contributed by atoms with Crippen molar-refractivity contribution < 1.29 is 28.9 Å². The predicted molar refractivity (Wildman–Crippen MR) is 130 cm³/mol. The molecule has 1 aliphatic heterocycles. The summed E-state index contributed by atoms with van der Waals surface area (Å²) >= 11 is 12.4. The number of hydrogen-bond acceptors (Lipinski definition) is 10. The van der Waals surface area contributed by atoms with Crippen LogP contribution in [-0.2, 0) is 30.2 Å². The highest BCUT2D eigenvalue weighted by atomic mass is 35.5. The van der Waals surface area contributed by atoms with E-state index in [2.05, 4.69) is 15.0 Å². The van der Waals surface area contributed by atoms with Crippen LogP contribution in [0, 0.1) is 0 Å². The topological polar surface area (TPSA) is 152 Å². The molecule has 0 bridgehead atoms. The van der Waals surface area contributed by atoms with Gasteiger partial charge in [-0.2, -0.15) is 9.97 Å². The summed E-state index contributed by atoms with van der Waals surface area (Å²) in [4.78, 5) is 38.0. The highest BCUT2D eigenvalue weighted by Gasteiger charge is 2.50. The molecule has 0 radical (unpaired) electrons. The lowest BCUT2D eigenvalue weighted by atomic mass is 9.90. The van der Waals surface area contributed by atoms with Gasteiger partial charge < -0.3 is 25.1 Å². The van der Waals surface area contributed by atoms with E-state index in [-0.39, 0.29) is 36.4 Å². The lowest BCUT2D eigenvalue weighted by Crippen LogP contribution is -2.52. The molecule has 3 aromatic rings. The van der Waals surface area contributed by atoms with Crippen molar-refractivity contribution in [2.24, 2.45) is 0 Å². The molecule has 1 saturated heterocycles. The number of alkyl halides is 1. The zero-order valence-electron chi connectivity index (χ0n) is 19.5. The molecule has 4 rings (SSSR count). The van der Waals surface area contributed by atoms with Gasteiger partial charge in [0.1, 0.15) is 23.1 Å². The van der Waals surface area contributed by atoms with Crippen LogP contribution >= 0.6 is 23.2 Å². The largest absolute Gasteiger partial charge is 0.463 e. The van der Waals surface area contributed by atoms with Crippen LogP contribution in [-0.4, -0.2) is 72.8 Å². The minimum Gasteiger partial charge on any atom is -0.463 e. The molecule has 0 aliphatic carbocycles. The Kier molecular flexibility index (Phi) is 7.76. The Bertz CT molecular complexity index is 1260. The fourth-order valence-electron chi connectivity index (χ4n) is 4.07. The Balaban J connectivity index is 1.59. The summed E-state index contributed by atoms with van der Waals surface area (Å²) in [5.74, 6) is -1.29. The van der Waals surface area contributed by atoms with E-state index in [1.54, 1.807) is 31.2 Å². The van der Waals surface area contributed by atoms with Gasteiger partial charge in [-0.05, 0) is 31.0 Å². The standard InChI is InChI=1S/C23H25Cl2N5O6/c1-3-34-21(33)23(12(2)31,9-13-7-5-4-6-8-13)35-10-14-17(32)15(24)20(36-14)30-11-27-16-18(26)28-22(25)29-19(16)30/h4-8,11,14-15,17,20,32H,3,9-10H2,1-2H3,(H2,26,28,29)/t14-,15+,17-,20-,23?/m1/s1. The smallest absolute Gasteiger partial charge is 0.346 e. The predicted octanol–water partition coefficient (Wildman–Crippen LogP) is 2.08. The first-order chi connectivity index (χ1) is 17.2. The molecule has 1 unspecified atom stereocenters. The Hall–Kier alpha value is -2.83. The van der Waals surface area contributed by atoms with Crippen molar-refractivity contribution in [2.45, 2.75) is 49.7 Å². The SMILES string of the molecule is CCOC(=O)C(Cc1ccccc1)(OC[C@H]1O[C@@H](n2cnc3c(N)nc(Cl)nc32)[C@@H](Cl)[C@@H]1O)C(C)=O. The third kappa shape index (κ3) is 4.89. The molecule has 0 amide bonds. The first-order valence-corrected chi connectivity index (χ1v) is 12.0. The second kappa shape index (κ2) is 10.7. The molecule has 1 fully saturated rings. The number of aliphatic hydroxyl groups is 1. The molecule has 11 nitrogen and oxygen atoms in total. The van der Waals surface area contributed by atoms with Crippen molar-refractivity contribution in [3.63, 3.8) is 0 Å². The van der Waals surface area contributed by atoms with E-state index in [4.69, 9.17) is 43.1 Å². The van der Waals surface area contributed by atoms with Crippen molar-refractivity contribution in [1.29, 1.82) is 0 Å². The maximum absolute atomic E-state index is 13.0. The number of ether oxygens (including phenoxy) is 3. The highest BCUT2D eigenvalue weighted by molar-refractivity contribution is 6.28. The molecular formula is C23H25Cl2N5O6. The van der Waals surface area contributed by atoms with Gasteiger partial charge in [-0.3, -0.25) is 9.36 Å². The molecule has 2 aromatic heterocycles. The van der Waals surface area contributed by atoms with E-state index < -0.39 is 41.2 Å². The molecule has 0 saturated carbocycles. The van der Waals surface area contributed by atoms with Gasteiger partial charge in [-0.25, -0.2) is 9.78 Å². The molecule has 1 aliphatic rings. The molecule has 3 heterocycles. The Morgan fingerprint density at radius 1 is 1.28 bits per heavy atom. The normalized spacial score (nSPS) is 23.5. The number of nitrogens with two attached hydrogens (primary N) is 1. The Morgan fingerprint density at radius 2 is 2.00 bits per heavy atom. The van der Waals surface area contributed by atoms with Gasteiger partial charge >= 0.3 is 5.97 Å². The van der Waals surface area contributed by atoms with Gasteiger partial charge in [-0.15, -0.1) is 11.6 Å². The van der Waals surface area contributed by atoms with Gasteiger partial charge in [0.15, 0.2) is 23.5 Å². The lowest BCUT2D eigenvalue weighted by molar-refractivity contribution is -0.183. The second-order valence-electron chi connectivity index (χ2n) is 8.28. The summed E-state index contributed by atoms with van der Waals surface area (Å²) in [5.41, 5.74) is 5.19. The summed E-state index contributed by atoms with van der Waals surface area (Å²) < 4.78 is 18.6. The van der Waals surface area contributed by atoms with Crippen LogP contribution in [0.3, 0.4) is 0 Å². The number of halogens is 2. The molecule has 13 heteroatoms. The van der Waals surface area contributed by atoms with E-state index in [0.717, 1.165) is 0 Å². The van der Waals surface area contributed by atoms with E-state index in [9.17, 15) is 14.7 Å². The summed E-state index contributed by atoms with van der Waals surface area (Å²) in [5, 5.41) is 9.78. The van der Waals surface area contributed by atoms with Crippen LogP contribution in [0.4, 0.5) is 5.82 Å². The molecule has 36 heavy (non-hydrogen) atoms. The van der Waals surface area contributed by atoms with Crippen LogP contribution < -0.4 is 5.73 Å². The van der Waals surface area contributed by atoms with Crippen molar-refractivity contribution in [2.75, 3.05) is 18.9 Å². The van der Waals surface area contributed by atoms with Crippen LogP contribution in [0.25, 0.3) is 11.2 Å². The van der Waals surface area contributed by atoms with Crippen LogP contribution in [0.5, 0.6) is 0 Å². The third-order valence-electron chi connectivity index (χ3n) is 5.95. The number of aliphatic hydroxyl groups excluding tert-OH is 1. The number of carbonyl (C=O) groups is 2. The maximum atomic E-state index is 13.0.